The molecule has 2 rings (SSSR count). The number of Topliss-reactive ketones (excluding diaryl/α,β-unsaturated/α-hetero) is 1. The first-order chi connectivity index (χ1) is 10.8. The smallest absolute Gasteiger partial charge is 0.221 e. The van der Waals surface area contributed by atoms with Crippen molar-refractivity contribution in [3.8, 4) is 12.3 Å². The van der Waals surface area contributed by atoms with Crippen LogP contribution in [0.1, 0.15) is 41.0 Å². The van der Waals surface area contributed by atoms with Crippen LogP contribution in [-0.2, 0) is 9.59 Å². The molecular formula is C19H23NO3. The van der Waals surface area contributed by atoms with Crippen LogP contribution in [0.25, 0.3) is 0 Å². The molecule has 1 aliphatic carbocycles. The van der Waals surface area contributed by atoms with Crippen LogP contribution in [0.5, 0.6) is 0 Å². The van der Waals surface area contributed by atoms with Gasteiger partial charge in [-0.05, 0) is 43.9 Å². The van der Waals surface area contributed by atoms with Gasteiger partial charge >= 0.3 is 0 Å². The summed E-state index contributed by atoms with van der Waals surface area (Å²) in [7, 11) is 0. The fourth-order valence-corrected chi connectivity index (χ4v) is 3.63. The van der Waals surface area contributed by atoms with E-state index in [2.05, 4.69) is 11.2 Å². The predicted molar refractivity (Wildman–Crippen MR) is 89.0 cm³/mol. The molecule has 4 heteroatoms. The van der Waals surface area contributed by atoms with E-state index < -0.39 is 17.9 Å². The number of ketones is 1. The van der Waals surface area contributed by atoms with Gasteiger partial charge in [0.1, 0.15) is 5.78 Å². The Hall–Kier alpha value is -2.12. The predicted octanol–water partition coefficient (Wildman–Crippen LogP) is 1.78. The molecule has 122 valence electrons. The van der Waals surface area contributed by atoms with Crippen molar-refractivity contribution in [1.29, 1.82) is 0 Å². The minimum Gasteiger partial charge on any atom is -0.392 e. The van der Waals surface area contributed by atoms with E-state index in [0.717, 1.165) is 22.3 Å². The molecule has 0 saturated heterocycles. The Bertz CT molecular complexity index is 649. The third-order valence-corrected chi connectivity index (χ3v) is 4.49. The van der Waals surface area contributed by atoms with Crippen LogP contribution in [0.3, 0.4) is 0 Å². The van der Waals surface area contributed by atoms with Gasteiger partial charge in [-0.2, -0.15) is 0 Å². The van der Waals surface area contributed by atoms with Crippen molar-refractivity contribution in [3.63, 3.8) is 0 Å². The van der Waals surface area contributed by atoms with Crippen LogP contribution in [0.2, 0.25) is 0 Å². The Labute approximate surface area is 137 Å². The zero-order chi connectivity index (χ0) is 17.1. The summed E-state index contributed by atoms with van der Waals surface area (Å²) >= 11 is 0. The molecule has 1 aliphatic rings. The summed E-state index contributed by atoms with van der Waals surface area (Å²) in [5.74, 6) is 1.04. The second-order valence-corrected chi connectivity index (χ2v) is 6.38. The molecule has 1 aromatic rings. The number of aliphatic hydroxyl groups is 1. The highest BCUT2D eigenvalue weighted by atomic mass is 16.3. The Balaban J connectivity index is 2.21. The van der Waals surface area contributed by atoms with E-state index in [1.807, 2.05) is 32.9 Å². The van der Waals surface area contributed by atoms with Crippen LogP contribution in [0.4, 0.5) is 0 Å². The molecule has 0 spiro atoms. The molecule has 3 atom stereocenters. The van der Waals surface area contributed by atoms with Crippen molar-refractivity contribution < 1.29 is 14.7 Å². The molecule has 0 bridgehead atoms. The normalized spacial score (nSPS) is 23.6. The van der Waals surface area contributed by atoms with Gasteiger partial charge in [0, 0.05) is 12.3 Å². The molecule has 2 N–H and O–H groups in total. The van der Waals surface area contributed by atoms with E-state index >= 15 is 0 Å². The van der Waals surface area contributed by atoms with E-state index in [-0.39, 0.29) is 24.7 Å². The number of hydrogen-bond donors (Lipinski definition) is 2. The van der Waals surface area contributed by atoms with E-state index in [1.54, 1.807) is 0 Å². The first-order valence-corrected chi connectivity index (χ1v) is 7.84. The van der Waals surface area contributed by atoms with E-state index in [1.165, 1.54) is 0 Å². The number of benzene rings is 1. The Morgan fingerprint density at radius 3 is 2.52 bits per heavy atom. The highest BCUT2D eigenvalue weighted by Crippen LogP contribution is 2.39. The topological polar surface area (TPSA) is 66.4 Å². The van der Waals surface area contributed by atoms with Crippen LogP contribution in [-0.4, -0.2) is 29.4 Å². The molecular weight excluding hydrogens is 290 g/mol. The molecule has 0 radical (unpaired) electrons. The SMILES string of the molecule is C#CCNC(=O)CC1CC(O)C(c2c(C)cc(C)cc2C)C1=O. The summed E-state index contributed by atoms with van der Waals surface area (Å²) in [6.07, 6.45) is 4.76. The zero-order valence-corrected chi connectivity index (χ0v) is 13.8. The van der Waals surface area contributed by atoms with Gasteiger partial charge in [-0.3, -0.25) is 9.59 Å². The molecule has 23 heavy (non-hydrogen) atoms. The maximum absolute atomic E-state index is 12.7. The molecule has 1 fully saturated rings. The second kappa shape index (κ2) is 6.97. The largest absolute Gasteiger partial charge is 0.392 e. The van der Waals surface area contributed by atoms with Gasteiger partial charge in [-0.15, -0.1) is 6.42 Å². The fraction of sp³-hybridized carbons (Fsp3) is 0.474. The lowest BCUT2D eigenvalue weighted by Crippen LogP contribution is -2.27. The number of aliphatic hydroxyl groups excluding tert-OH is 1. The molecule has 1 amide bonds. The van der Waals surface area contributed by atoms with Crippen LogP contribution < -0.4 is 5.32 Å². The van der Waals surface area contributed by atoms with E-state index in [9.17, 15) is 14.7 Å². The first kappa shape index (κ1) is 17.2. The Morgan fingerprint density at radius 2 is 1.96 bits per heavy atom. The molecule has 3 unspecified atom stereocenters. The van der Waals surface area contributed by atoms with Crippen molar-refractivity contribution in [1.82, 2.24) is 5.32 Å². The van der Waals surface area contributed by atoms with Crippen LogP contribution in [0.15, 0.2) is 12.1 Å². The third kappa shape index (κ3) is 3.62. The summed E-state index contributed by atoms with van der Waals surface area (Å²) in [5.41, 5.74) is 4.06. The molecule has 0 aliphatic heterocycles. The lowest BCUT2D eigenvalue weighted by Gasteiger charge is -2.19. The van der Waals surface area contributed by atoms with Crippen molar-refractivity contribution in [2.45, 2.75) is 45.6 Å². The number of aryl methyl sites for hydroxylation is 3. The molecule has 1 aromatic carbocycles. The van der Waals surface area contributed by atoms with Gasteiger partial charge < -0.3 is 10.4 Å². The monoisotopic (exact) mass is 313 g/mol. The average molecular weight is 313 g/mol. The zero-order valence-electron chi connectivity index (χ0n) is 13.8. The van der Waals surface area contributed by atoms with Gasteiger partial charge in [-0.1, -0.05) is 23.6 Å². The molecule has 1 saturated carbocycles. The minimum absolute atomic E-state index is 0.0524. The van der Waals surface area contributed by atoms with E-state index in [0.29, 0.717) is 6.42 Å². The number of carbonyl (C=O) groups is 2. The number of hydrogen-bond acceptors (Lipinski definition) is 3. The highest BCUT2D eigenvalue weighted by Gasteiger charge is 2.43. The molecule has 0 heterocycles. The highest BCUT2D eigenvalue weighted by molar-refractivity contribution is 5.94. The average Bonchev–Trinajstić information content (AvgIpc) is 2.72. The minimum atomic E-state index is -0.743. The maximum Gasteiger partial charge on any atom is 0.221 e. The number of rotatable bonds is 4. The number of amides is 1. The summed E-state index contributed by atoms with van der Waals surface area (Å²) < 4.78 is 0. The molecule has 0 aromatic heterocycles. The summed E-state index contributed by atoms with van der Waals surface area (Å²) in [5, 5.41) is 13.0. The van der Waals surface area contributed by atoms with Gasteiger partial charge in [0.05, 0.1) is 18.6 Å². The third-order valence-electron chi connectivity index (χ3n) is 4.49. The van der Waals surface area contributed by atoms with Crippen LogP contribution in [0, 0.1) is 39.0 Å². The van der Waals surface area contributed by atoms with Gasteiger partial charge in [0.15, 0.2) is 0 Å². The van der Waals surface area contributed by atoms with Gasteiger partial charge in [0.2, 0.25) is 5.91 Å². The lowest BCUT2D eigenvalue weighted by atomic mass is 9.86. The van der Waals surface area contributed by atoms with Crippen molar-refractivity contribution in [3.05, 3.63) is 34.4 Å². The van der Waals surface area contributed by atoms with Gasteiger partial charge in [-0.25, -0.2) is 0 Å². The summed E-state index contributed by atoms with van der Waals surface area (Å²) in [6.45, 7) is 6.09. The van der Waals surface area contributed by atoms with Crippen molar-refractivity contribution in [2.24, 2.45) is 5.92 Å². The van der Waals surface area contributed by atoms with Gasteiger partial charge in [0.25, 0.3) is 0 Å². The fourth-order valence-electron chi connectivity index (χ4n) is 3.63. The Kier molecular flexibility index (Phi) is 5.23. The van der Waals surface area contributed by atoms with Crippen molar-refractivity contribution >= 4 is 11.7 Å². The molecule has 4 nitrogen and oxygen atoms in total. The number of carbonyl (C=O) groups excluding carboxylic acids is 2. The first-order valence-electron chi connectivity index (χ1n) is 7.84. The van der Waals surface area contributed by atoms with Crippen molar-refractivity contribution in [2.75, 3.05) is 6.54 Å². The lowest BCUT2D eigenvalue weighted by molar-refractivity contribution is -0.128. The number of terminal acetylenes is 1. The standard InChI is InChI=1S/C19H23NO3/c1-5-6-20-16(22)10-14-9-15(21)18(19(14)23)17-12(3)7-11(2)8-13(17)4/h1,7-8,14-15,18,21H,6,9-10H2,2-4H3,(H,20,22). The van der Waals surface area contributed by atoms with Crippen LogP contribution >= 0.6 is 0 Å². The number of nitrogens with one attached hydrogen (secondary N) is 1. The Morgan fingerprint density at radius 1 is 1.35 bits per heavy atom. The summed E-state index contributed by atoms with van der Waals surface area (Å²) in [6, 6.07) is 4.05. The summed E-state index contributed by atoms with van der Waals surface area (Å²) in [4.78, 5) is 24.5. The maximum atomic E-state index is 12.7. The quantitative estimate of drug-likeness (QED) is 0.833. The van der Waals surface area contributed by atoms with E-state index in [4.69, 9.17) is 6.42 Å². The second-order valence-electron chi connectivity index (χ2n) is 6.38.